The molecule has 0 aliphatic heterocycles. The van der Waals surface area contributed by atoms with Gasteiger partial charge in [-0.2, -0.15) is 0 Å². The summed E-state index contributed by atoms with van der Waals surface area (Å²) in [6.07, 6.45) is 10.3. The van der Waals surface area contributed by atoms with E-state index in [0.717, 1.165) is 0 Å². The molecule has 0 aromatic rings. The monoisotopic (exact) mass is 392 g/mol. The van der Waals surface area contributed by atoms with Crippen molar-refractivity contribution in [3.05, 3.63) is 0 Å². The van der Waals surface area contributed by atoms with E-state index in [4.69, 9.17) is 22.3 Å². The zero-order valence-corrected chi connectivity index (χ0v) is 17.7. The maximum Gasteiger partial charge on any atom is 0.410 e. The summed E-state index contributed by atoms with van der Waals surface area (Å²) in [5, 5.41) is 0. The van der Waals surface area contributed by atoms with Gasteiger partial charge in [0.05, 0.1) is 0 Å². The average Bonchev–Trinajstić information content (AvgIpc) is 2.61. The Morgan fingerprint density at radius 2 is 1.29 bits per heavy atom. The number of esters is 1. The lowest BCUT2D eigenvalue weighted by Gasteiger charge is -2.36. The number of carbonyl (C=O) groups excluding carboxylic acids is 3. The van der Waals surface area contributed by atoms with Gasteiger partial charge in [0.2, 0.25) is 5.91 Å². The van der Waals surface area contributed by atoms with Crippen LogP contribution in [0.4, 0.5) is 4.79 Å². The molecule has 7 nitrogen and oxygen atoms in total. The summed E-state index contributed by atoms with van der Waals surface area (Å²) in [6.45, 7) is 7.44. The van der Waals surface area contributed by atoms with E-state index in [1.54, 1.807) is 0 Å². The van der Waals surface area contributed by atoms with Gasteiger partial charge in [0.1, 0.15) is 25.3 Å². The van der Waals surface area contributed by atoms with Crippen molar-refractivity contribution in [2.45, 2.75) is 52.6 Å². The molecule has 0 aliphatic rings. The van der Waals surface area contributed by atoms with Gasteiger partial charge in [-0.25, -0.2) is 9.59 Å². The Kier molecular flexibility index (Phi) is 11.5. The Morgan fingerprint density at radius 1 is 0.821 bits per heavy atom. The van der Waals surface area contributed by atoms with E-state index in [1.807, 2.05) is 27.7 Å². The minimum atomic E-state index is -0.803. The molecule has 0 N–H and O–H groups in total. The second kappa shape index (κ2) is 12.7. The van der Waals surface area contributed by atoms with Crippen molar-refractivity contribution in [3.63, 3.8) is 0 Å². The fourth-order valence-corrected chi connectivity index (χ4v) is 2.83. The van der Waals surface area contributed by atoms with E-state index in [2.05, 4.69) is 11.8 Å². The van der Waals surface area contributed by atoms with Crippen LogP contribution in [0.1, 0.15) is 40.5 Å². The summed E-state index contributed by atoms with van der Waals surface area (Å²) in [4.78, 5) is 40.4. The third kappa shape index (κ3) is 7.52. The molecule has 2 unspecified atom stereocenters. The van der Waals surface area contributed by atoms with Gasteiger partial charge >= 0.3 is 12.1 Å². The molecule has 2 amide bonds. The molecule has 0 saturated heterocycles. The number of hydrogen-bond acceptors (Lipinski definition) is 5. The summed E-state index contributed by atoms with van der Waals surface area (Å²) >= 11 is 0. The number of ether oxygens (including phenoxy) is 2. The first kappa shape index (κ1) is 25.3. The highest BCUT2D eigenvalue weighted by molar-refractivity contribution is 5.89. The molecule has 2 atom stereocenters. The van der Waals surface area contributed by atoms with Crippen molar-refractivity contribution < 1.29 is 23.9 Å². The summed E-state index contributed by atoms with van der Waals surface area (Å²) in [7, 11) is 3.02. The summed E-state index contributed by atoms with van der Waals surface area (Å²) in [5.41, 5.74) is 0. The molecule has 28 heavy (non-hydrogen) atoms. The van der Waals surface area contributed by atoms with Crippen molar-refractivity contribution in [2.24, 2.45) is 11.8 Å². The van der Waals surface area contributed by atoms with E-state index in [9.17, 15) is 14.4 Å². The minimum absolute atomic E-state index is 0.0740. The van der Waals surface area contributed by atoms with E-state index in [0.29, 0.717) is 12.8 Å². The Morgan fingerprint density at radius 3 is 1.71 bits per heavy atom. The van der Waals surface area contributed by atoms with Gasteiger partial charge in [0.15, 0.2) is 0 Å². The fourth-order valence-electron chi connectivity index (χ4n) is 2.83. The summed E-state index contributed by atoms with van der Waals surface area (Å²) in [5.74, 6) is 3.49. The first-order chi connectivity index (χ1) is 13.1. The predicted octanol–water partition coefficient (Wildman–Crippen LogP) is 2.15. The third-order valence-corrected chi connectivity index (χ3v) is 4.19. The summed E-state index contributed by atoms with van der Waals surface area (Å²) < 4.78 is 10.3. The zero-order chi connectivity index (χ0) is 21.9. The van der Waals surface area contributed by atoms with Gasteiger partial charge in [0, 0.05) is 26.9 Å². The highest BCUT2D eigenvalue weighted by Gasteiger charge is 2.38. The van der Waals surface area contributed by atoms with Gasteiger partial charge < -0.3 is 14.4 Å². The molecular formula is C21H32N2O5. The molecule has 0 aromatic heterocycles. The lowest BCUT2D eigenvalue weighted by molar-refractivity contribution is -0.158. The van der Waals surface area contributed by atoms with Gasteiger partial charge in [-0.1, -0.05) is 27.7 Å². The molecule has 0 spiro atoms. The topological polar surface area (TPSA) is 76.2 Å². The second-order valence-corrected chi connectivity index (χ2v) is 7.13. The highest BCUT2D eigenvalue weighted by Crippen LogP contribution is 2.19. The second-order valence-electron chi connectivity index (χ2n) is 7.13. The maximum absolute atomic E-state index is 13.1. The van der Waals surface area contributed by atoms with Crippen LogP contribution in [0, 0.1) is 36.5 Å². The number of amides is 2. The average molecular weight is 392 g/mol. The molecule has 0 bridgehead atoms. The number of hydrogen-bond donors (Lipinski definition) is 0. The van der Waals surface area contributed by atoms with E-state index in [1.165, 1.54) is 23.9 Å². The molecule has 0 aliphatic carbocycles. The summed E-state index contributed by atoms with van der Waals surface area (Å²) in [6, 6.07) is -1.60. The van der Waals surface area contributed by atoms with Gasteiger partial charge in [-0.05, 0) is 11.8 Å². The molecule has 156 valence electrons. The number of terminal acetylenes is 2. The number of rotatable bonds is 10. The number of nitrogens with zero attached hydrogens (tertiary/aromatic N) is 2. The van der Waals surface area contributed by atoms with Crippen LogP contribution in [-0.2, 0) is 19.1 Å². The molecule has 7 heteroatoms. The van der Waals surface area contributed by atoms with Crippen LogP contribution in [0.15, 0.2) is 0 Å². The normalized spacial score (nSPS) is 12.5. The quantitative estimate of drug-likeness (QED) is 0.323. The smallest absolute Gasteiger partial charge is 0.410 e. The lowest BCUT2D eigenvalue weighted by atomic mass is 9.98. The lowest BCUT2D eigenvalue weighted by Crippen LogP contribution is -2.56. The first-order valence-electron chi connectivity index (χ1n) is 9.29. The molecule has 0 saturated carbocycles. The van der Waals surface area contributed by atoms with Crippen LogP contribution in [0.2, 0.25) is 0 Å². The van der Waals surface area contributed by atoms with Crippen LogP contribution >= 0.6 is 0 Å². The van der Waals surface area contributed by atoms with Crippen LogP contribution in [-0.4, -0.2) is 67.2 Å². The first-order valence-corrected chi connectivity index (χ1v) is 9.29. The zero-order valence-electron chi connectivity index (χ0n) is 17.7. The van der Waals surface area contributed by atoms with Gasteiger partial charge in [-0.3, -0.25) is 9.69 Å². The molecule has 0 radical (unpaired) electrons. The standard InChI is InChI=1S/C21H32N2O5/c1-9-11-13-27-20(25)18(16(5)6)22(7)19(24)17(15(3)4)23(8)21(26)28-14-12-10-2/h1-2,15-18H,11-14H2,3-8H3. The minimum Gasteiger partial charge on any atom is -0.463 e. The Balaban J connectivity index is 5.39. The van der Waals surface area contributed by atoms with Crippen molar-refractivity contribution >= 4 is 18.0 Å². The highest BCUT2D eigenvalue weighted by atomic mass is 16.6. The van der Waals surface area contributed by atoms with Crippen LogP contribution in [0.5, 0.6) is 0 Å². The van der Waals surface area contributed by atoms with Crippen LogP contribution in [0.25, 0.3) is 0 Å². The van der Waals surface area contributed by atoms with E-state index in [-0.39, 0.29) is 31.0 Å². The Labute approximate surface area is 168 Å². The van der Waals surface area contributed by atoms with Crippen LogP contribution in [0.3, 0.4) is 0 Å². The molecule has 0 heterocycles. The van der Waals surface area contributed by atoms with Gasteiger partial charge in [-0.15, -0.1) is 24.7 Å². The maximum atomic E-state index is 13.1. The Bertz CT molecular complexity index is 615. The van der Waals surface area contributed by atoms with Crippen molar-refractivity contribution in [2.75, 3.05) is 27.3 Å². The molecule has 0 aromatic carbocycles. The van der Waals surface area contributed by atoms with Crippen molar-refractivity contribution in [3.8, 4) is 24.7 Å². The fraction of sp³-hybridized carbons (Fsp3) is 0.667. The Hall–Kier alpha value is -2.67. The number of likely N-dealkylation sites (N-methyl/N-ethyl adjacent to an activating group) is 2. The van der Waals surface area contributed by atoms with E-state index < -0.39 is 24.1 Å². The molecule has 0 fully saturated rings. The van der Waals surface area contributed by atoms with Crippen molar-refractivity contribution in [1.82, 2.24) is 9.80 Å². The van der Waals surface area contributed by atoms with Gasteiger partial charge in [0.25, 0.3) is 0 Å². The number of carbonyl (C=O) groups is 3. The largest absolute Gasteiger partial charge is 0.463 e. The van der Waals surface area contributed by atoms with Crippen molar-refractivity contribution in [1.29, 1.82) is 0 Å². The predicted molar refractivity (Wildman–Crippen MR) is 107 cm³/mol. The third-order valence-electron chi connectivity index (χ3n) is 4.19. The molecule has 0 rings (SSSR count). The van der Waals surface area contributed by atoms with Crippen LogP contribution < -0.4 is 0 Å². The SMILES string of the molecule is C#CCCOC(=O)C(C(C)C)N(C)C(=O)C(C(C)C)N(C)C(=O)OCCC#C. The molecular weight excluding hydrogens is 360 g/mol. The van der Waals surface area contributed by atoms with E-state index >= 15 is 0 Å².